The van der Waals surface area contributed by atoms with Crippen LogP contribution in [-0.2, 0) is 0 Å². The first-order valence-corrected chi connectivity index (χ1v) is 8.70. The van der Waals surface area contributed by atoms with Crippen molar-refractivity contribution in [3.63, 3.8) is 0 Å². The van der Waals surface area contributed by atoms with Crippen LogP contribution in [0.5, 0.6) is 0 Å². The van der Waals surface area contributed by atoms with Crippen molar-refractivity contribution in [2.75, 3.05) is 0 Å². The third kappa shape index (κ3) is 5.59. The topological polar surface area (TPSA) is 54.5 Å². The molecule has 0 atom stereocenters. The zero-order chi connectivity index (χ0) is 18.1. The minimum atomic E-state index is 0.430. The summed E-state index contributed by atoms with van der Waals surface area (Å²) >= 11 is 9.90. The lowest BCUT2D eigenvalue weighted by molar-refractivity contribution is 1.17. The molecular formula is C19H19ClN4S. The number of hydrogen-bond donors (Lipinski definition) is 2. The Labute approximate surface area is 157 Å². The average molecular weight is 371 g/mol. The molecule has 4 aromatic rings. The molecule has 0 unspecified atom stereocenters. The molecule has 0 amide bonds. The van der Waals surface area contributed by atoms with E-state index < -0.39 is 0 Å². The van der Waals surface area contributed by atoms with E-state index in [9.17, 15) is 0 Å². The number of H-pyrrole nitrogens is 1. The minimum absolute atomic E-state index is 0.430. The highest BCUT2D eigenvalue weighted by atomic mass is 35.5. The molecule has 0 saturated carbocycles. The molecule has 4 rings (SSSR count). The Kier molecular flexibility index (Phi) is 7.44. The number of fused-ring (bicyclic) bond motifs is 1. The van der Waals surface area contributed by atoms with Crippen molar-refractivity contribution in [1.82, 2.24) is 19.9 Å². The fourth-order valence-electron chi connectivity index (χ4n) is 2.00. The lowest BCUT2D eigenvalue weighted by Gasteiger charge is -2.00. The van der Waals surface area contributed by atoms with Crippen LogP contribution in [0.1, 0.15) is 13.8 Å². The van der Waals surface area contributed by atoms with Gasteiger partial charge in [-0.2, -0.15) is 0 Å². The molecule has 0 aliphatic rings. The van der Waals surface area contributed by atoms with Gasteiger partial charge in [0, 0.05) is 34.3 Å². The normalized spacial score (nSPS) is 9.60. The fraction of sp³-hybridized carbons (Fsp3) is 0.105. The van der Waals surface area contributed by atoms with Crippen LogP contribution < -0.4 is 0 Å². The Hall–Kier alpha value is -2.37. The van der Waals surface area contributed by atoms with Crippen molar-refractivity contribution in [3.8, 4) is 11.3 Å². The number of pyridine rings is 1. The maximum Gasteiger partial charge on any atom is 0.137 e. The molecule has 0 fully saturated rings. The van der Waals surface area contributed by atoms with Gasteiger partial charge in [0.15, 0.2) is 0 Å². The lowest BCUT2D eigenvalue weighted by atomic mass is 10.2. The average Bonchev–Trinajstić information content (AvgIpc) is 3.12. The minimum Gasteiger partial charge on any atom is -0.346 e. The van der Waals surface area contributed by atoms with Crippen LogP contribution in [0, 0.1) is 0 Å². The highest BCUT2D eigenvalue weighted by molar-refractivity contribution is 7.80. The van der Waals surface area contributed by atoms with E-state index in [1.54, 1.807) is 12.3 Å². The first-order chi connectivity index (χ1) is 12.2. The maximum absolute atomic E-state index is 5.81. The van der Waals surface area contributed by atoms with E-state index in [0.717, 1.165) is 27.2 Å². The predicted octanol–water partition coefficient (Wildman–Crippen LogP) is 5.67. The number of hydrogen-bond acceptors (Lipinski definition) is 4. The second kappa shape index (κ2) is 9.81. The molecule has 25 heavy (non-hydrogen) atoms. The quantitative estimate of drug-likeness (QED) is 0.335. The van der Waals surface area contributed by atoms with Crippen LogP contribution in [0.3, 0.4) is 0 Å². The van der Waals surface area contributed by atoms with Gasteiger partial charge >= 0.3 is 0 Å². The van der Waals surface area contributed by atoms with E-state index in [-0.39, 0.29) is 0 Å². The number of halogens is 1. The smallest absolute Gasteiger partial charge is 0.137 e. The molecule has 0 saturated heterocycles. The number of rotatable bonds is 1. The number of benzene rings is 1. The highest BCUT2D eigenvalue weighted by Crippen LogP contribution is 2.21. The van der Waals surface area contributed by atoms with Gasteiger partial charge in [-0.1, -0.05) is 43.6 Å². The summed E-state index contributed by atoms with van der Waals surface area (Å²) in [5.74, 6) is 0. The molecule has 6 heteroatoms. The molecule has 1 N–H and O–H groups in total. The van der Waals surface area contributed by atoms with Crippen molar-refractivity contribution in [3.05, 3.63) is 72.4 Å². The molecule has 1 aromatic carbocycles. The monoisotopic (exact) mass is 370 g/mol. The number of nitrogens with zero attached hydrogens (tertiary/aromatic N) is 3. The summed E-state index contributed by atoms with van der Waals surface area (Å²) in [6, 6.07) is 15.5. The van der Waals surface area contributed by atoms with E-state index in [1.807, 2.05) is 62.5 Å². The van der Waals surface area contributed by atoms with Gasteiger partial charge in [-0.3, -0.25) is 0 Å². The molecule has 4 nitrogen and oxygen atoms in total. The summed E-state index contributed by atoms with van der Waals surface area (Å²) < 4.78 is 0. The van der Waals surface area contributed by atoms with Crippen molar-refractivity contribution in [2.24, 2.45) is 0 Å². The van der Waals surface area contributed by atoms with Crippen LogP contribution in [0.2, 0.25) is 5.15 Å². The SMILES string of the molecule is CC.Clc1cc(-c2cnc3[nH]ccc3c2)ncn1.Sc1ccccc1. The second-order valence-electron chi connectivity index (χ2n) is 4.70. The van der Waals surface area contributed by atoms with Gasteiger partial charge in [0.25, 0.3) is 0 Å². The van der Waals surface area contributed by atoms with Crippen molar-refractivity contribution in [1.29, 1.82) is 0 Å². The van der Waals surface area contributed by atoms with Gasteiger partial charge in [-0.25, -0.2) is 15.0 Å². The lowest BCUT2D eigenvalue weighted by Crippen LogP contribution is -1.86. The van der Waals surface area contributed by atoms with E-state index in [0.29, 0.717) is 5.15 Å². The Morgan fingerprint density at radius 2 is 1.72 bits per heavy atom. The van der Waals surface area contributed by atoms with Crippen molar-refractivity contribution in [2.45, 2.75) is 18.7 Å². The Bertz CT molecular complexity index is 909. The number of aromatic nitrogens is 4. The second-order valence-corrected chi connectivity index (χ2v) is 5.60. The van der Waals surface area contributed by atoms with Crippen molar-refractivity contribution >= 4 is 35.3 Å². The third-order valence-corrected chi connectivity index (χ3v) is 3.59. The van der Waals surface area contributed by atoms with Gasteiger partial charge < -0.3 is 4.98 Å². The Morgan fingerprint density at radius 3 is 2.36 bits per heavy atom. The number of thiol groups is 1. The predicted molar refractivity (Wildman–Crippen MR) is 107 cm³/mol. The molecule has 3 heterocycles. The molecular weight excluding hydrogens is 352 g/mol. The van der Waals surface area contributed by atoms with E-state index in [1.165, 1.54) is 6.33 Å². The summed E-state index contributed by atoms with van der Waals surface area (Å²) in [5, 5.41) is 1.48. The molecule has 0 spiro atoms. The number of aromatic amines is 1. The summed E-state index contributed by atoms with van der Waals surface area (Å²) in [6.07, 6.45) is 5.06. The molecule has 3 aromatic heterocycles. The standard InChI is InChI=1S/C11H7ClN4.C6H6S.C2H6/c12-10-4-9(15-6-16-10)8-3-7-1-2-13-11(7)14-5-8;7-6-4-2-1-3-5-6;1-2/h1-6H,(H,13,14);1-5,7H;1-2H3. The van der Waals surface area contributed by atoms with Gasteiger partial charge in [0.2, 0.25) is 0 Å². The first-order valence-electron chi connectivity index (χ1n) is 7.87. The Balaban J connectivity index is 0.000000211. The zero-order valence-electron chi connectivity index (χ0n) is 14.0. The summed E-state index contributed by atoms with van der Waals surface area (Å²) in [5.41, 5.74) is 2.57. The van der Waals surface area contributed by atoms with Crippen LogP contribution >= 0.6 is 24.2 Å². The van der Waals surface area contributed by atoms with Gasteiger partial charge in [-0.05, 0) is 24.3 Å². The molecule has 0 aliphatic carbocycles. The van der Waals surface area contributed by atoms with Gasteiger partial charge in [0.05, 0.1) is 5.69 Å². The molecule has 0 radical (unpaired) electrons. The van der Waals surface area contributed by atoms with Crippen LogP contribution in [-0.4, -0.2) is 19.9 Å². The zero-order valence-corrected chi connectivity index (χ0v) is 15.7. The van der Waals surface area contributed by atoms with Crippen LogP contribution in [0.15, 0.2) is 72.1 Å². The maximum atomic E-state index is 5.81. The molecule has 0 aliphatic heterocycles. The molecule has 0 bridgehead atoms. The van der Waals surface area contributed by atoms with Gasteiger partial charge in [0.1, 0.15) is 17.1 Å². The van der Waals surface area contributed by atoms with Gasteiger partial charge in [-0.15, -0.1) is 12.6 Å². The van der Waals surface area contributed by atoms with E-state index in [2.05, 4.69) is 32.6 Å². The summed E-state index contributed by atoms with van der Waals surface area (Å²) in [7, 11) is 0. The molecule has 128 valence electrons. The van der Waals surface area contributed by atoms with Crippen LogP contribution in [0.25, 0.3) is 22.3 Å². The van der Waals surface area contributed by atoms with E-state index >= 15 is 0 Å². The largest absolute Gasteiger partial charge is 0.346 e. The summed E-state index contributed by atoms with van der Waals surface area (Å²) in [4.78, 5) is 16.3. The number of nitrogens with one attached hydrogen (secondary N) is 1. The third-order valence-electron chi connectivity index (χ3n) is 3.09. The highest BCUT2D eigenvalue weighted by Gasteiger charge is 2.03. The van der Waals surface area contributed by atoms with Crippen LogP contribution in [0.4, 0.5) is 0 Å². The Morgan fingerprint density at radius 1 is 0.960 bits per heavy atom. The fourth-order valence-corrected chi connectivity index (χ4v) is 2.32. The first kappa shape index (κ1) is 19.0. The van der Waals surface area contributed by atoms with E-state index in [4.69, 9.17) is 11.6 Å². The summed E-state index contributed by atoms with van der Waals surface area (Å²) in [6.45, 7) is 4.00. The van der Waals surface area contributed by atoms with Crippen molar-refractivity contribution < 1.29 is 0 Å².